The highest BCUT2D eigenvalue weighted by Gasteiger charge is 2.22. The number of carbonyl (C=O) groups excluding carboxylic acids is 1. The number of aryl methyl sites for hydroxylation is 1. The Morgan fingerprint density at radius 1 is 1.00 bits per heavy atom. The van der Waals surface area contributed by atoms with Crippen molar-refractivity contribution in [2.24, 2.45) is 0 Å². The van der Waals surface area contributed by atoms with Gasteiger partial charge in [0.25, 0.3) is 0 Å². The molecule has 0 spiro atoms. The molecule has 2 aromatic rings. The molecule has 0 bridgehead atoms. The third kappa shape index (κ3) is 3.85. The van der Waals surface area contributed by atoms with E-state index in [0.717, 1.165) is 13.1 Å². The number of nitrogens with one attached hydrogen (secondary N) is 1. The molecule has 3 rings (SSSR count). The Morgan fingerprint density at radius 3 is 2.38 bits per heavy atom. The molecule has 1 N–H and O–H groups in total. The number of urea groups is 1. The maximum absolute atomic E-state index is 12.6. The van der Waals surface area contributed by atoms with Crippen LogP contribution < -0.4 is 19.7 Å². The fourth-order valence-corrected chi connectivity index (χ4v) is 3.16. The predicted octanol–water partition coefficient (Wildman–Crippen LogP) is 3.37. The van der Waals surface area contributed by atoms with Gasteiger partial charge in [0, 0.05) is 37.9 Å². The smallest absolute Gasteiger partial charge is 0.322 e. The molecule has 1 fully saturated rings. The van der Waals surface area contributed by atoms with Gasteiger partial charge in [-0.2, -0.15) is 0 Å². The Balaban J connectivity index is 1.61. The Bertz CT molecular complexity index is 771. The van der Waals surface area contributed by atoms with Crippen LogP contribution in [0.4, 0.5) is 16.2 Å². The lowest BCUT2D eigenvalue weighted by molar-refractivity contribution is 0.208. The molecule has 2 aromatic carbocycles. The van der Waals surface area contributed by atoms with Gasteiger partial charge < -0.3 is 24.6 Å². The molecule has 0 unspecified atom stereocenters. The summed E-state index contributed by atoms with van der Waals surface area (Å²) in [6.45, 7) is 5.11. The normalized spacial score (nSPS) is 14.1. The van der Waals surface area contributed by atoms with E-state index >= 15 is 0 Å². The predicted molar refractivity (Wildman–Crippen MR) is 104 cm³/mol. The Hall–Kier alpha value is -2.89. The minimum absolute atomic E-state index is 0.113. The van der Waals surface area contributed by atoms with Crippen LogP contribution in [-0.2, 0) is 0 Å². The lowest BCUT2D eigenvalue weighted by atomic mass is 10.1. The molecule has 0 aromatic heterocycles. The Morgan fingerprint density at radius 2 is 1.73 bits per heavy atom. The number of hydrogen-bond donors (Lipinski definition) is 1. The van der Waals surface area contributed by atoms with Crippen LogP contribution in [0.1, 0.15) is 5.56 Å². The van der Waals surface area contributed by atoms with Gasteiger partial charge in [-0.25, -0.2) is 4.79 Å². The highest BCUT2D eigenvalue weighted by Crippen LogP contribution is 2.29. The van der Waals surface area contributed by atoms with Gasteiger partial charge in [0.05, 0.1) is 19.9 Å². The lowest BCUT2D eigenvalue weighted by Gasteiger charge is -2.36. The van der Waals surface area contributed by atoms with Crippen molar-refractivity contribution in [1.82, 2.24) is 4.90 Å². The van der Waals surface area contributed by atoms with Gasteiger partial charge in [0.1, 0.15) is 11.5 Å². The minimum Gasteiger partial charge on any atom is -0.497 e. The van der Waals surface area contributed by atoms with Crippen molar-refractivity contribution in [2.75, 3.05) is 50.6 Å². The summed E-state index contributed by atoms with van der Waals surface area (Å²) in [6.07, 6.45) is 0. The zero-order valence-electron chi connectivity index (χ0n) is 15.5. The quantitative estimate of drug-likeness (QED) is 0.914. The second kappa shape index (κ2) is 7.99. The zero-order chi connectivity index (χ0) is 18.5. The number of hydrogen-bond acceptors (Lipinski definition) is 4. The molecule has 6 heteroatoms. The molecule has 6 nitrogen and oxygen atoms in total. The van der Waals surface area contributed by atoms with Crippen LogP contribution in [0.25, 0.3) is 0 Å². The summed E-state index contributed by atoms with van der Waals surface area (Å²) in [5.41, 5.74) is 3.14. The van der Waals surface area contributed by atoms with Gasteiger partial charge in [-0.1, -0.05) is 18.2 Å². The van der Waals surface area contributed by atoms with Gasteiger partial charge in [-0.3, -0.25) is 0 Å². The van der Waals surface area contributed by atoms with E-state index in [9.17, 15) is 4.79 Å². The van der Waals surface area contributed by atoms with Crippen molar-refractivity contribution in [3.8, 4) is 11.5 Å². The summed E-state index contributed by atoms with van der Waals surface area (Å²) in [6, 6.07) is 13.6. The number of benzene rings is 2. The first-order valence-corrected chi connectivity index (χ1v) is 8.71. The summed E-state index contributed by atoms with van der Waals surface area (Å²) in [5, 5.41) is 2.94. The number of carbonyl (C=O) groups is 1. The van der Waals surface area contributed by atoms with Crippen LogP contribution in [0.5, 0.6) is 11.5 Å². The minimum atomic E-state index is -0.113. The van der Waals surface area contributed by atoms with Crippen LogP contribution >= 0.6 is 0 Å². The van der Waals surface area contributed by atoms with Gasteiger partial charge in [-0.05, 0) is 30.7 Å². The molecule has 1 saturated heterocycles. The largest absolute Gasteiger partial charge is 0.497 e. The molecular formula is C20H25N3O3. The molecule has 0 aliphatic carbocycles. The van der Waals surface area contributed by atoms with Crippen molar-refractivity contribution in [1.29, 1.82) is 0 Å². The van der Waals surface area contributed by atoms with E-state index in [4.69, 9.17) is 9.47 Å². The van der Waals surface area contributed by atoms with Crippen LogP contribution in [-0.4, -0.2) is 51.3 Å². The lowest BCUT2D eigenvalue weighted by Crippen LogP contribution is -2.50. The van der Waals surface area contributed by atoms with Crippen LogP contribution in [0.3, 0.4) is 0 Å². The monoisotopic (exact) mass is 355 g/mol. The van der Waals surface area contributed by atoms with E-state index in [1.807, 2.05) is 11.0 Å². The van der Waals surface area contributed by atoms with Gasteiger partial charge in [0.2, 0.25) is 0 Å². The van der Waals surface area contributed by atoms with Crippen molar-refractivity contribution in [3.05, 3.63) is 48.0 Å². The standard InChI is InChI=1S/C20H25N3O3/c1-15-6-4-5-7-18(15)22-10-12-23(13-11-22)20(24)21-17-9-8-16(25-2)14-19(17)26-3/h4-9,14H,10-13H2,1-3H3,(H,21,24). The summed E-state index contributed by atoms with van der Waals surface area (Å²) in [4.78, 5) is 16.8. The fraction of sp³-hybridized carbons (Fsp3) is 0.350. The molecule has 2 amide bonds. The number of ether oxygens (including phenoxy) is 2. The highest BCUT2D eigenvalue weighted by molar-refractivity contribution is 5.91. The number of anilines is 2. The maximum atomic E-state index is 12.6. The zero-order valence-corrected chi connectivity index (χ0v) is 15.5. The second-order valence-electron chi connectivity index (χ2n) is 6.26. The first-order chi connectivity index (χ1) is 12.6. The number of nitrogens with zero attached hydrogens (tertiary/aromatic N) is 2. The van der Waals surface area contributed by atoms with E-state index < -0.39 is 0 Å². The average molecular weight is 355 g/mol. The van der Waals surface area contributed by atoms with E-state index in [-0.39, 0.29) is 6.03 Å². The molecule has 0 saturated carbocycles. The number of para-hydroxylation sites is 1. The average Bonchev–Trinajstić information content (AvgIpc) is 2.68. The highest BCUT2D eigenvalue weighted by atomic mass is 16.5. The first kappa shape index (κ1) is 17.9. The van der Waals surface area contributed by atoms with E-state index in [2.05, 4.69) is 35.3 Å². The molecule has 1 aliphatic rings. The van der Waals surface area contributed by atoms with E-state index in [0.29, 0.717) is 30.3 Å². The fourth-order valence-electron chi connectivity index (χ4n) is 3.16. The van der Waals surface area contributed by atoms with Crippen LogP contribution in [0.15, 0.2) is 42.5 Å². The molecule has 138 valence electrons. The SMILES string of the molecule is COc1ccc(NC(=O)N2CCN(c3ccccc3C)CC2)c(OC)c1. The molecular weight excluding hydrogens is 330 g/mol. The maximum Gasteiger partial charge on any atom is 0.322 e. The van der Waals surface area contributed by atoms with Crippen LogP contribution in [0, 0.1) is 6.92 Å². The molecule has 26 heavy (non-hydrogen) atoms. The molecule has 0 atom stereocenters. The molecule has 1 heterocycles. The number of rotatable bonds is 4. The summed E-state index contributed by atoms with van der Waals surface area (Å²) >= 11 is 0. The number of amides is 2. The van der Waals surface area contributed by atoms with Crippen molar-refractivity contribution >= 4 is 17.4 Å². The molecule has 1 aliphatic heterocycles. The summed E-state index contributed by atoms with van der Waals surface area (Å²) < 4.78 is 10.5. The van der Waals surface area contributed by atoms with Crippen molar-refractivity contribution in [2.45, 2.75) is 6.92 Å². The Kier molecular flexibility index (Phi) is 5.51. The number of piperazine rings is 1. The van der Waals surface area contributed by atoms with Crippen molar-refractivity contribution in [3.63, 3.8) is 0 Å². The van der Waals surface area contributed by atoms with E-state index in [1.54, 1.807) is 32.4 Å². The number of methoxy groups -OCH3 is 2. The Labute approximate surface area is 154 Å². The summed E-state index contributed by atoms with van der Waals surface area (Å²) in [5.74, 6) is 1.27. The molecule has 0 radical (unpaired) electrons. The van der Waals surface area contributed by atoms with Gasteiger partial charge in [-0.15, -0.1) is 0 Å². The third-order valence-corrected chi connectivity index (χ3v) is 4.67. The topological polar surface area (TPSA) is 54.0 Å². The third-order valence-electron chi connectivity index (χ3n) is 4.67. The van der Waals surface area contributed by atoms with E-state index in [1.165, 1.54) is 11.3 Å². The van der Waals surface area contributed by atoms with Gasteiger partial charge >= 0.3 is 6.03 Å². The van der Waals surface area contributed by atoms with Crippen LogP contribution in [0.2, 0.25) is 0 Å². The second-order valence-corrected chi connectivity index (χ2v) is 6.26. The van der Waals surface area contributed by atoms with Crippen molar-refractivity contribution < 1.29 is 14.3 Å². The summed E-state index contributed by atoms with van der Waals surface area (Å²) in [7, 11) is 3.17. The first-order valence-electron chi connectivity index (χ1n) is 8.71. The van der Waals surface area contributed by atoms with Gasteiger partial charge in [0.15, 0.2) is 0 Å².